The predicted molar refractivity (Wildman–Crippen MR) is 123 cm³/mol. The van der Waals surface area contributed by atoms with E-state index in [1.165, 1.54) is 11.1 Å². The Kier molecular flexibility index (Phi) is 8.09. The molecule has 136 valence electrons. The van der Waals surface area contributed by atoms with Gasteiger partial charge in [0.2, 0.25) is 0 Å². The van der Waals surface area contributed by atoms with Crippen LogP contribution in [0.4, 0.5) is 5.69 Å². The molecule has 3 aromatic carbocycles. The molecule has 0 saturated carbocycles. The normalized spacial score (nSPS) is 11.8. The van der Waals surface area contributed by atoms with Gasteiger partial charge in [0.05, 0.1) is 10.7 Å². The standard InChI is InChI=1S/C23H20ClNS2/c24-21-13-11-20(12-14-21)17-26-16-15-23(25-22-9-5-2-6-10-22)27-18-19-7-3-1-4-8-19/h1-16H,17-18H2. The summed E-state index contributed by atoms with van der Waals surface area (Å²) in [5.41, 5.74) is 3.53. The number of para-hydroxylation sites is 1. The van der Waals surface area contributed by atoms with Crippen LogP contribution in [-0.2, 0) is 11.5 Å². The summed E-state index contributed by atoms with van der Waals surface area (Å²) in [7, 11) is 0. The lowest BCUT2D eigenvalue weighted by Gasteiger charge is -2.03. The van der Waals surface area contributed by atoms with Crippen LogP contribution < -0.4 is 0 Å². The van der Waals surface area contributed by atoms with Gasteiger partial charge in [-0.05, 0) is 46.9 Å². The maximum Gasteiger partial charge on any atom is 0.0975 e. The van der Waals surface area contributed by atoms with Crippen molar-refractivity contribution < 1.29 is 0 Å². The number of benzene rings is 3. The molecule has 0 amide bonds. The molecular weight excluding hydrogens is 390 g/mol. The SMILES string of the molecule is Clc1ccc(CSC=CC(=Nc2ccccc2)SCc2ccccc2)cc1. The van der Waals surface area contributed by atoms with Crippen molar-refractivity contribution in [1.29, 1.82) is 0 Å². The molecule has 1 nitrogen and oxygen atoms in total. The maximum atomic E-state index is 5.94. The van der Waals surface area contributed by atoms with E-state index in [1.54, 1.807) is 23.5 Å². The highest BCUT2D eigenvalue weighted by Gasteiger charge is 2.00. The lowest BCUT2D eigenvalue weighted by molar-refractivity contribution is 1.42. The summed E-state index contributed by atoms with van der Waals surface area (Å²) < 4.78 is 0. The van der Waals surface area contributed by atoms with Crippen molar-refractivity contribution in [3.05, 3.63) is 113 Å². The van der Waals surface area contributed by atoms with E-state index < -0.39 is 0 Å². The molecule has 0 aromatic heterocycles. The number of nitrogens with zero attached hydrogens (tertiary/aromatic N) is 1. The van der Waals surface area contributed by atoms with Crippen molar-refractivity contribution >= 4 is 45.9 Å². The molecule has 0 N–H and O–H groups in total. The van der Waals surface area contributed by atoms with E-state index in [0.29, 0.717) is 0 Å². The maximum absolute atomic E-state index is 5.94. The first-order valence-corrected chi connectivity index (χ1v) is 11.0. The van der Waals surface area contributed by atoms with Crippen LogP contribution in [0.5, 0.6) is 0 Å². The first kappa shape index (κ1) is 19.8. The summed E-state index contributed by atoms with van der Waals surface area (Å²) in [4.78, 5) is 4.79. The monoisotopic (exact) mass is 409 g/mol. The molecule has 0 heterocycles. The average molecular weight is 410 g/mol. The lowest BCUT2D eigenvalue weighted by Crippen LogP contribution is -1.89. The average Bonchev–Trinajstić information content (AvgIpc) is 2.72. The Labute approximate surface area is 174 Å². The molecule has 3 rings (SSSR count). The quantitative estimate of drug-likeness (QED) is 0.292. The number of rotatable bonds is 7. The topological polar surface area (TPSA) is 12.4 Å². The molecule has 27 heavy (non-hydrogen) atoms. The van der Waals surface area contributed by atoms with Gasteiger partial charge >= 0.3 is 0 Å². The van der Waals surface area contributed by atoms with Gasteiger partial charge < -0.3 is 0 Å². The minimum absolute atomic E-state index is 0.772. The van der Waals surface area contributed by atoms with E-state index in [1.807, 2.05) is 48.5 Å². The van der Waals surface area contributed by atoms with Crippen LogP contribution >= 0.6 is 35.1 Å². The highest BCUT2D eigenvalue weighted by molar-refractivity contribution is 8.13. The molecule has 0 aliphatic heterocycles. The van der Waals surface area contributed by atoms with Crippen LogP contribution in [-0.4, -0.2) is 5.04 Å². The molecule has 0 spiro atoms. The number of halogens is 1. The van der Waals surface area contributed by atoms with Crippen LogP contribution in [0.2, 0.25) is 5.02 Å². The van der Waals surface area contributed by atoms with Crippen molar-refractivity contribution in [1.82, 2.24) is 0 Å². The molecule has 4 heteroatoms. The Balaban J connectivity index is 1.63. The largest absolute Gasteiger partial charge is 0.242 e. The zero-order valence-corrected chi connectivity index (χ0v) is 17.2. The summed E-state index contributed by atoms with van der Waals surface area (Å²) in [6, 6.07) is 28.5. The van der Waals surface area contributed by atoms with Crippen LogP contribution in [0.1, 0.15) is 11.1 Å². The Morgan fingerprint density at radius 3 is 2.11 bits per heavy atom. The van der Waals surface area contributed by atoms with Gasteiger partial charge in [0.1, 0.15) is 0 Å². The fourth-order valence-corrected chi connectivity index (χ4v) is 4.07. The summed E-state index contributed by atoms with van der Waals surface area (Å²) in [6.45, 7) is 0. The van der Waals surface area contributed by atoms with Crippen LogP contribution in [0.15, 0.2) is 101 Å². The van der Waals surface area contributed by atoms with Crippen molar-refractivity contribution in [2.24, 2.45) is 4.99 Å². The van der Waals surface area contributed by atoms with Gasteiger partial charge in [-0.2, -0.15) is 0 Å². The van der Waals surface area contributed by atoms with E-state index in [-0.39, 0.29) is 0 Å². The molecule has 0 aliphatic rings. The number of thioether (sulfide) groups is 2. The number of hydrogen-bond acceptors (Lipinski definition) is 3. The van der Waals surface area contributed by atoms with E-state index >= 15 is 0 Å². The first-order chi connectivity index (χ1) is 13.3. The third-order valence-corrected chi connectivity index (χ3v) is 5.78. The van der Waals surface area contributed by atoms with E-state index in [9.17, 15) is 0 Å². The van der Waals surface area contributed by atoms with Gasteiger partial charge in [-0.25, -0.2) is 4.99 Å². The van der Waals surface area contributed by atoms with Crippen molar-refractivity contribution in [2.45, 2.75) is 11.5 Å². The zero-order chi connectivity index (χ0) is 18.7. The first-order valence-electron chi connectivity index (χ1n) is 8.63. The second-order valence-electron chi connectivity index (χ2n) is 5.80. The highest BCUT2D eigenvalue weighted by Crippen LogP contribution is 2.21. The van der Waals surface area contributed by atoms with E-state index in [2.05, 4.69) is 47.9 Å². The van der Waals surface area contributed by atoms with Gasteiger partial charge in [0.15, 0.2) is 0 Å². The molecular formula is C23H20ClNS2. The molecule has 0 aliphatic carbocycles. The molecule has 0 bridgehead atoms. The van der Waals surface area contributed by atoms with Crippen LogP contribution in [0.25, 0.3) is 0 Å². The second-order valence-corrected chi connectivity index (χ2v) is 8.13. The Bertz CT molecular complexity index is 875. The fourth-order valence-electron chi connectivity index (χ4n) is 2.31. The molecule has 0 atom stereocenters. The zero-order valence-electron chi connectivity index (χ0n) is 14.8. The van der Waals surface area contributed by atoms with Crippen LogP contribution in [0, 0.1) is 0 Å². The second kappa shape index (κ2) is 11.0. The summed E-state index contributed by atoms with van der Waals surface area (Å²) in [6.07, 6.45) is 2.10. The molecule has 0 unspecified atom stereocenters. The molecule has 0 saturated heterocycles. The van der Waals surface area contributed by atoms with Gasteiger partial charge in [0.25, 0.3) is 0 Å². The smallest absolute Gasteiger partial charge is 0.0975 e. The third kappa shape index (κ3) is 7.30. The lowest BCUT2D eigenvalue weighted by atomic mass is 10.2. The van der Waals surface area contributed by atoms with Crippen LogP contribution in [0.3, 0.4) is 0 Å². The number of aliphatic imine (C=N–C) groups is 1. The summed E-state index contributed by atoms with van der Waals surface area (Å²) in [5, 5.41) is 3.90. The molecule has 0 fully saturated rings. The van der Waals surface area contributed by atoms with Gasteiger partial charge in [-0.1, -0.05) is 72.3 Å². The highest BCUT2D eigenvalue weighted by atomic mass is 35.5. The fraction of sp³-hybridized carbons (Fsp3) is 0.0870. The third-order valence-electron chi connectivity index (χ3n) is 3.70. The van der Waals surface area contributed by atoms with E-state index in [4.69, 9.17) is 16.6 Å². The van der Waals surface area contributed by atoms with Crippen molar-refractivity contribution in [2.75, 3.05) is 0 Å². The van der Waals surface area contributed by atoms with Crippen molar-refractivity contribution in [3.8, 4) is 0 Å². The summed E-state index contributed by atoms with van der Waals surface area (Å²) in [5.74, 6) is 1.81. The minimum atomic E-state index is 0.772. The number of hydrogen-bond donors (Lipinski definition) is 0. The minimum Gasteiger partial charge on any atom is -0.242 e. The summed E-state index contributed by atoms with van der Waals surface area (Å²) >= 11 is 9.44. The van der Waals surface area contributed by atoms with Gasteiger partial charge in [-0.15, -0.1) is 23.5 Å². The van der Waals surface area contributed by atoms with E-state index in [0.717, 1.165) is 27.3 Å². The predicted octanol–water partition coefficient (Wildman–Crippen LogP) is 7.75. The van der Waals surface area contributed by atoms with Gasteiger partial charge in [-0.3, -0.25) is 0 Å². The van der Waals surface area contributed by atoms with Crippen molar-refractivity contribution in [3.63, 3.8) is 0 Å². The van der Waals surface area contributed by atoms with Gasteiger partial charge in [0, 0.05) is 16.5 Å². The molecule has 0 radical (unpaired) electrons. The molecule has 3 aromatic rings. The Hall–Kier alpha value is -1.94. The Morgan fingerprint density at radius 1 is 0.778 bits per heavy atom. The Morgan fingerprint density at radius 2 is 1.41 bits per heavy atom.